The zero-order chi connectivity index (χ0) is 19.4. The second-order valence-electron chi connectivity index (χ2n) is 6.97. The Kier molecular flexibility index (Phi) is 6.37. The van der Waals surface area contributed by atoms with Crippen molar-refractivity contribution in [2.45, 2.75) is 62.5 Å². The molecule has 144 valence electrons. The minimum Gasteiger partial charge on any atom is -0.339 e. The maximum atomic E-state index is 13.1. The van der Waals surface area contributed by atoms with Crippen LogP contribution in [0, 0.1) is 0 Å². The number of fused-ring (bicyclic) bond motifs is 1. The fourth-order valence-electron chi connectivity index (χ4n) is 3.68. The SMILES string of the molecule is C=CCn1c(SC(C)C(=O)N2CCCCC2CC)nc2ccccc2c1=O. The van der Waals surface area contributed by atoms with Crippen LogP contribution in [0.3, 0.4) is 0 Å². The van der Waals surface area contributed by atoms with E-state index in [9.17, 15) is 9.59 Å². The Morgan fingerprint density at radius 1 is 1.41 bits per heavy atom. The Morgan fingerprint density at radius 3 is 2.93 bits per heavy atom. The lowest BCUT2D eigenvalue weighted by Crippen LogP contribution is -2.46. The molecule has 0 aliphatic carbocycles. The molecule has 1 saturated heterocycles. The number of piperidine rings is 1. The van der Waals surface area contributed by atoms with E-state index in [1.54, 1.807) is 16.7 Å². The second-order valence-corrected chi connectivity index (χ2v) is 8.27. The second kappa shape index (κ2) is 8.74. The van der Waals surface area contributed by atoms with Crippen LogP contribution in [0.4, 0.5) is 0 Å². The maximum absolute atomic E-state index is 13.1. The largest absolute Gasteiger partial charge is 0.339 e. The first-order chi connectivity index (χ1) is 13.1. The molecular formula is C21H27N3O2S. The molecule has 2 unspecified atom stereocenters. The molecule has 0 N–H and O–H groups in total. The van der Waals surface area contributed by atoms with Crippen LogP contribution in [0.5, 0.6) is 0 Å². The summed E-state index contributed by atoms with van der Waals surface area (Å²) in [6.45, 7) is 9.01. The summed E-state index contributed by atoms with van der Waals surface area (Å²) >= 11 is 1.37. The molecule has 2 atom stereocenters. The molecule has 2 aromatic rings. The number of benzene rings is 1. The van der Waals surface area contributed by atoms with E-state index in [0.29, 0.717) is 28.6 Å². The highest BCUT2D eigenvalue weighted by Crippen LogP contribution is 2.27. The summed E-state index contributed by atoms with van der Waals surface area (Å²) in [6, 6.07) is 7.66. The van der Waals surface area contributed by atoms with Crippen LogP contribution < -0.4 is 5.56 Å². The number of para-hydroxylation sites is 1. The first-order valence-corrected chi connectivity index (χ1v) is 10.5. The van der Waals surface area contributed by atoms with Crippen molar-refractivity contribution in [3.05, 3.63) is 47.3 Å². The standard InChI is InChI=1S/C21H27N3O2S/c1-4-13-24-20(26)17-11-6-7-12-18(17)22-21(24)27-15(3)19(25)23-14-9-8-10-16(23)5-2/h4,6-7,11-12,15-16H,1,5,8-10,13-14H2,2-3H3. The molecule has 0 bridgehead atoms. The van der Waals surface area contributed by atoms with Gasteiger partial charge in [-0.25, -0.2) is 4.98 Å². The van der Waals surface area contributed by atoms with E-state index in [-0.39, 0.29) is 16.7 Å². The van der Waals surface area contributed by atoms with E-state index in [1.807, 2.05) is 30.0 Å². The van der Waals surface area contributed by atoms with Crippen molar-refractivity contribution in [3.63, 3.8) is 0 Å². The highest BCUT2D eigenvalue weighted by molar-refractivity contribution is 8.00. The van der Waals surface area contributed by atoms with E-state index < -0.39 is 0 Å². The molecule has 1 aliphatic heterocycles. The molecule has 1 aromatic heterocycles. The van der Waals surface area contributed by atoms with Crippen molar-refractivity contribution in [1.29, 1.82) is 0 Å². The summed E-state index contributed by atoms with van der Waals surface area (Å²) in [5.74, 6) is 0.138. The molecule has 1 amide bonds. The molecule has 1 aliphatic rings. The topological polar surface area (TPSA) is 55.2 Å². The van der Waals surface area contributed by atoms with Gasteiger partial charge < -0.3 is 4.90 Å². The number of carbonyl (C=O) groups is 1. The highest BCUT2D eigenvalue weighted by Gasteiger charge is 2.30. The number of rotatable bonds is 6. The molecule has 0 radical (unpaired) electrons. The van der Waals surface area contributed by atoms with Crippen molar-refractivity contribution >= 4 is 28.6 Å². The molecule has 0 saturated carbocycles. The average molecular weight is 386 g/mol. The van der Waals surface area contributed by atoms with Gasteiger partial charge in [0.2, 0.25) is 5.91 Å². The third-order valence-corrected chi connectivity index (χ3v) is 6.23. The maximum Gasteiger partial charge on any atom is 0.262 e. The first kappa shape index (κ1) is 19.7. The number of aromatic nitrogens is 2. The monoisotopic (exact) mass is 385 g/mol. The van der Waals surface area contributed by atoms with Crippen LogP contribution in [0.15, 0.2) is 46.9 Å². The van der Waals surface area contributed by atoms with Gasteiger partial charge in [0, 0.05) is 19.1 Å². The summed E-state index contributed by atoms with van der Waals surface area (Å²) in [5.41, 5.74) is 0.571. The lowest BCUT2D eigenvalue weighted by atomic mass is 10.00. The third kappa shape index (κ3) is 4.10. The van der Waals surface area contributed by atoms with E-state index >= 15 is 0 Å². The Morgan fingerprint density at radius 2 is 2.19 bits per heavy atom. The first-order valence-electron chi connectivity index (χ1n) is 9.64. The van der Waals surface area contributed by atoms with Crippen LogP contribution in [-0.4, -0.2) is 38.2 Å². The molecule has 0 spiro atoms. The fraction of sp³-hybridized carbons (Fsp3) is 0.476. The van der Waals surface area contributed by atoms with Crippen LogP contribution in [-0.2, 0) is 11.3 Å². The van der Waals surface area contributed by atoms with Crippen LogP contribution in [0.25, 0.3) is 10.9 Å². The third-order valence-electron chi connectivity index (χ3n) is 5.15. The minimum atomic E-state index is -0.290. The van der Waals surface area contributed by atoms with Gasteiger partial charge in [-0.05, 0) is 44.7 Å². The Labute approximate surface area is 164 Å². The molecule has 2 heterocycles. The van der Waals surface area contributed by atoms with Crippen LogP contribution in [0.1, 0.15) is 39.5 Å². The van der Waals surface area contributed by atoms with Gasteiger partial charge in [-0.15, -0.1) is 6.58 Å². The number of hydrogen-bond donors (Lipinski definition) is 0. The molecule has 6 heteroatoms. The number of carbonyl (C=O) groups excluding carboxylic acids is 1. The van der Waals surface area contributed by atoms with Gasteiger partial charge in [-0.3, -0.25) is 14.2 Å². The summed E-state index contributed by atoms with van der Waals surface area (Å²) in [5, 5.41) is 0.871. The number of likely N-dealkylation sites (tertiary alicyclic amines) is 1. The summed E-state index contributed by atoms with van der Waals surface area (Å²) in [7, 11) is 0. The highest BCUT2D eigenvalue weighted by atomic mass is 32.2. The number of nitrogens with zero attached hydrogens (tertiary/aromatic N) is 3. The number of hydrogen-bond acceptors (Lipinski definition) is 4. The quantitative estimate of drug-likeness (QED) is 0.430. The van der Waals surface area contributed by atoms with E-state index in [2.05, 4.69) is 18.5 Å². The van der Waals surface area contributed by atoms with Gasteiger partial charge in [0.05, 0.1) is 16.2 Å². The van der Waals surface area contributed by atoms with E-state index in [1.165, 1.54) is 18.2 Å². The lowest BCUT2D eigenvalue weighted by Gasteiger charge is -2.36. The van der Waals surface area contributed by atoms with Crippen molar-refractivity contribution in [2.75, 3.05) is 6.54 Å². The fourth-order valence-corrected chi connectivity index (χ4v) is 4.67. The smallest absolute Gasteiger partial charge is 0.262 e. The van der Waals surface area contributed by atoms with Crippen molar-refractivity contribution in [3.8, 4) is 0 Å². The molecule has 1 fully saturated rings. The molecular weight excluding hydrogens is 358 g/mol. The molecule has 3 rings (SSSR count). The summed E-state index contributed by atoms with van der Waals surface area (Å²) in [6.07, 6.45) is 6.00. The molecule has 27 heavy (non-hydrogen) atoms. The van der Waals surface area contributed by atoms with Crippen molar-refractivity contribution in [1.82, 2.24) is 14.5 Å². The molecule has 5 nitrogen and oxygen atoms in total. The molecule has 1 aromatic carbocycles. The van der Waals surface area contributed by atoms with Gasteiger partial charge in [-0.1, -0.05) is 36.9 Å². The predicted octanol–water partition coefficient (Wildman–Crippen LogP) is 3.85. The lowest BCUT2D eigenvalue weighted by molar-refractivity contribution is -0.134. The van der Waals surface area contributed by atoms with Gasteiger partial charge in [0.1, 0.15) is 0 Å². The van der Waals surface area contributed by atoms with Gasteiger partial charge >= 0.3 is 0 Å². The normalized spacial score (nSPS) is 18.4. The Balaban J connectivity index is 1.90. The van der Waals surface area contributed by atoms with Crippen LogP contribution in [0.2, 0.25) is 0 Å². The number of allylic oxidation sites excluding steroid dienone is 1. The average Bonchev–Trinajstić information content (AvgIpc) is 2.70. The predicted molar refractivity (Wildman–Crippen MR) is 111 cm³/mol. The number of thioether (sulfide) groups is 1. The van der Waals surface area contributed by atoms with Gasteiger partial charge in [0.15, 0.2) is 5.16 Å². The zero-order valence-corrected chi connectivity index (χ0v) is 16.9. The Hall–Kier alpha value is -2.08. The van der Waals surface area contributed by atoms with Gasteiger partial charge in [0.25, 0.3) is 5.56 Å². The van der Waals surface area contributed by atoms with Crippen molar-refractivity contribution in [2.24, 2.45) is 0 Å². The minimum absolute atomic E-state index is 0.0907. The van der Waals surface area contributed by atoms with E-state index in [4.69, 9.17) is 0 Å². The van der Waals surface area contributed by atoms with Crippen LogP contribution >= 0.6 is 11.8 Å². The summed E-state index contributed by atoms with van der Waals surface area (Å²) < 4.78 is 1.61. The van der Waals surface area contributed by atoms with E-state index in [0.717, 1.165) is 25.8 Å². The zero-order valence-electron chi connectivity index (χ0n) is 16.1. The number of amides is 1. The summed E-state index contributed by atoms with van der Waals surface area (Å²) in [4.78, 5) is 32.6. The Bertz CT molecular complexity index is 893. The van der Waals surface area contributed by atoms with Crippen molar-refractivity contribution < 1.29 is 4.79 Å². The van der Waals surface area contributed by atoms with Gasteiger partial charge in [-0.2, -0.15) is 0 Å².